The first kappa shape index (κ1) is 22.2. The van der Waals surface area contributed by atoms with Crippen LogP contribution in [0.2, 0.25) is 0 Å². The molecule has 1 amide bonds. The molecule has 27 heavy (non-hydrogen) atoms. The van der Waals surface area contributed by atoms with Gasteiger partial charge in [0, 0.05) is 25.7 Å². The molecule has 1 rings (SSSR count). The van der Waals surface area contributed by atoms with Crippen LogP contribution in [-0.4, -0.2) is 72.7 Å². The minimum Gasteiger partial charge on any atom is -0.480 e. The Balaban J connectivity index is 3.26. The van der Waals surface area contributed by atoms with Gasteiger partial charge >= 0.3 is 17.9 Å². The Morgan fingerprint density at radius 2 is 1.85 bits per heavy atom. The smallest absolute Gasteiger partial charge is 0.329 e. The van der Waals surface area contributed by atoms with Crippen LogP contribution in [-0.2, 0) is 38.1 Å². The van der Waals surface area contributed by atoms with Crippen LogP contribution < -0.4 is 5.32 Å². The number of amides is 1. The summed E-state index contributed by atoms with van der Waals surface area (Å²) < 4.78 is 20.8. The summed E-state index contributed by atoms with van der Waals surface area (Å²) in [5.74, 6) is -3.26. The van der Waals surface area contributed by atoms with Crippen LogP contribution in [0.15, 0.2) is 5.11 Å². The van der Waals surface area contributed by atoms with Crippen molar-refractivity contribution in [3.63, 3.8) is 0 Å². The van der Waals surface area contributed by atoms with E-state index in [1.54, 1.807) is 0 Å². The number of hydrogen-bond acceptors (Lipinski definition) is 9. The van der Waals surface area contributed by atoms with Crippen LogP contribution in [0, 0.1) is 0 Å². The van der Waals surface area contributed by atoms with Crippen molar-refractivity contribution in [2.45, 2.75) is 51.4 Å². The van der Waals surface area contributed by atoms with Crippen molar-refractivity contribution < 1.29 is 43.2 Å². The van der Waals surface area contributed by atoms with Gasteiger partial charge in [0.2, 0.25) is 5.91 Å². The molecule has 1 aliphatic rings. The van der Waals surface area contributed by atoms with Crippen LogP contribution >= 0.6 is 0 Å². The first-order valence-electron chi connectivity index (χ1n) is 7.76. The molecule has 2 N–H and O–H groups in total. The summed E-state index contributed by atoms with van der Waals surface area (Å²) in [5, 5.41) is 14.7. The number of carboxylic acid groups (broad SMARTS) is 1. The molecule has 1 aliphatic heterocycles. The molecule has 0 aromatic heterocycles. The van der Waals surface area contributed by atoms with Gasteiger partial charge in [-0.1, -0.05) is 5.11 Å². The van der Waals surface area contributed by atoms with Gasteiger partial charge in [-0.2, -0.15) is 0 Å². The van der Waals surface area contributed by atoms with E-state index in [4.69, 9.17) is 29.6 Å². The van der Waals surface area contributed by atoms with E-state index in [0.29, 0.717) is 0 Å². The molecule has 0 radical (unpaired) electrons. The highest BCUT2D eigenvalue weighted by atomic mass is 16.6. The fourth-order valence-corrected chi connectivity index (χ4v) is 2.49. The van der Waals surface area contributed by atoms with Crippen LogP contribution in [0.5, 0.6) is 0 Å². The van der Waals surface area contributed by atoms with E-state index in [-0.39, 0.29) is 6.61 Å². The molecule has 0 aliphatic carbocycles. The Kier molecular flexibility index (Phi) is 8.45. The maximum absolute atomic E-state index is 11.5. The fourth-order valence-electron chi connectivity index (χ4n) is 2.49. The molecule has 1 saturated heterocycles. The van der Waals surface area contributed by atoms with Gasteiger partial charge in [0.15, 0.2) is 12.3 Å². The van der Waals surface area contributed by atoms with Gasteiger partial charge in [-0.3, -0.25) is 14.4 Å². The maximum atomic E-state index is 11.5. The first-order chi connectivity index (χ1) is 12.6. The minimum atomic E-state index is -1.33. The predicted octanol–water partition coefficient (Wildman–Crippen LogP) is -0.509. The van der Waals surface area contributed by atoms with Crippen LogP contribution in [0.3, 0.4) is 0 Å². The lowest BCUT2D eigenvalue weighted by Crippen LogP contribution is -2.65. The zero-order chi connectivity index (χ0) is 20.6. The zero-order valence-corrected chi connectivity index (χ0v) is 14.9. The highest BCUT2D eigenvalue weighted by Gasteiger charge is 2.49. The predicted molar refractivity (Wildman–Crippen MR) is 85.0 cm³/mol. The Morgan fingerprint density at radius 3 is 2.33 bits per heavy atom. The summed E-state index contributed by atoms with van der Waals surface area (Å²) in [5.41, 5.74) is 8.75. The van der Waals surface area contributed by atoms with Crippen LogP contribution in [0.25, 0.3) is 10.4 Å². The van der Waals surface area contributed by atoms with E-state index in [2.05, 4.69) is 15.3 Å². The van der Waals surface area contributed by atoms with Crippen LogP contribution in [0.4, 0.5) is 0 Å². The molecule has 13 heteroatoms. The number of carbonyl (C=O) groups excluding carboxylic acids is 3. The first-order valence-corrected chi connectivity index (χ1v) is 7.76. The van der Waals surface area contributed by atoms with E-state index >= 15 is 0 Å². The van der Waals surface area contributed by atoms with Gasteiger partial charge in [0.05, 0.1) is 0 Å². The summed E-state index contributed by atoms with van der Waals surface area (Å²) >= 11 is 0. The average Bonchev–Trinajstić information content (AvgIpc) is 2.54. The highest BCUT2D eigenvalue weighted by Crippen LogP contribution is 2.27. The third kappa shape index (κ3) is 7.09. The van der Waals surface area contributed by atoms with Gasteiger partial charge in [0.25, 0.3) is 0 Å². The number of ether oxygens (including phenoxy) is 4. The fraction of sp³-hybridized carbons (Fsp3) is 0.714. The number of hydrogen-bond donors (Lipinski definition) is 2. The van der Waals surface area contributed by atoms with Gasteiger partial charge in [-0.15, -0.1) is 0 Å². The molecule has 0 aromatic carbocycles. The van der Waals surface area contributed by atoms with Crippen molar-refractivity contribution in [2.24, 2.45) is 5.11 Å². The molecule has 2 unspecified atom stereocenters. The summed E-state index contributed by atoms with van der Waals surface area (Å²) in [6.45, 7) is 2.25. The lowest BCUT2D eigenvalue weighted by Gasteiger charge is -2.44. The van der Waals surface area contributed by atoms with Gasteiger partial charge in [-0.05, 0) is 5.53 Å². The molecular formula is C14H20N4O9. The van der Waals surface area contributed by atoms with Crippen LogP contribution in [0.1, 0.15) is 20.8 Å². The van der Waals surface area contributed by atoms with Gasteiger partial charge in [0.1, 0.15) is 31.5 Å². The molecule has 1 heterocycles. The van der Waals surface area contributed by atoms with Crippen molar-refractivity contribution >= 4 is 23.8 Å². The van der Waals surface area contributed by atoms with Crippen molar-refractivity contribution in [1.82, 2.24) is 5.32 Å². The Labute approximate surface area is 153 Å². The number of nitrogens with one attached hydrogen (secondary N) is 1. The third-order valence-corrected chi connectivity index (χ3v) is 3.35. The van der Waals surface area contributed by atoms with Crippen molar-refractivity contribution in [3.8, 4) is 0 Å². The lowest BCUT2D eigenvalue weighted by atomic mass is 9.95. The second-order valence-electron chi connectivity index (χ2n) is 5.54. The maximum Gasteiger partial charge on any atom is 0.329 e. The third-order valence-electron chi connectivity index (χ3n) is 3.35. The largest absolute Gasteiger partial charge is 0.480 e. The standard InChI is InChI=1S/C14H20N4O9/c1-6(19)16-11-13(26-8(3)21)12(25-5-10(22)23)9(4-24-7(2)20)27-14(11)17-18-15/h9,11-14H,4-5H2,1-3H3,(H,16,19)(H,22,23)/t9?,11?,12-,13+,14+/m0/s1. The molecular weight excluding hydrogens is 368 g/mol. The monoisotopic (exact) mass is 388 g/mol. The van der Waals surface area contributed by atoms with E-state index in [1.165, 1.54) is 6.92 Å². The minimum absolute atomic E-state index is 0.387. The number of esters is 2. The molecule has 150 valence electrons. The second kappa shape index (κ2) is 10.3. The van der Waals surface area contributed by atoms with Crippen molar-refractivity contribution in [2.75, 3.05) is 13.2 Å². The molecule has 5 atom stereocenters. The number of carbonyl (C=O) groups is 4. The average molecular weight is 388 g/mol. The molecule has 1 fully saturated rings. The molecule has 0 saturated carbocycles. The number of carboxylic acids is 1. The lowest BCUT2D eigenvalue weighted by molar-refractivity contribution is -0.224. The number of rotatable bonds is 8. The summed E-state index contributed by atoms with van der Waals surface area (Å²) in [4.78, 5) is 47.6. The Bertz CT molecular complexity index is 634. The van der Waals surface area contributed by atoms with Gasteiger partial charge in [-0.25, -0.2) is 4.79 Å². The van der Waals surface area contributed by atoms with Crippen molar-refractivity contribution in [1.29, 1.82) is 0 Å². The molecule has 13 nitrogen and oxygen atoms in total. The normalized spacial score (nSPS) is 27.0. The highest BCUT2D eigenvalue weighted by molar-refractivity contribution is 5.73. The second-order valence-corrected chi connectivity index (χ2v) is 5.54. The number of aliphatic carboxylic acids is 1. The van der Waals surface area contributed by atoms with Crippen molar-refractivity contribution in [3.05, 3.63) is 10.4 Å². The summed E-state index contributed by atoms with van der Waals surface area (Å²) in [6.07, 6.45) is -4.95. The Morgan fingerprint density at radius 1 is 1.19 bits per heavy atom. The topological polar surface area (TPSA) is 186 Å². The van der Waals surface area contributed by atoms with E-state index in [9.17, 15) is 19.2 Å². The molecule has 0 bridgehead atoms. The molecule has 0 aromatic rings. The number of nitrogens with zero attached hydrogens (tertiary/aromatic N) is 3. The Hall–Kier alpha value is -2.89. The summed E-state index contributed by atoms with van der Waals surface area (Å²) in [6, 6.07) is -1.16. The van der Waals surface area contributed by atoms with E-state index in [1.807, 2.05) is 0 Å². The summed E-state index contributed by atoms with van der Waals surface area (Å²) in [7, 11) is 0. The molecule has 0 spiro atoms. The van der Waals surface area contributed by atoms with Gasteiger partial charge < -0.3 is 29.4 Å². The number of azide groups is 1. The quantitative estimate of drug-likeness (QED) is 0.239. The zero-order valence-electron chi connectivity index (χ0n) is 14.9. The van der Waals surface area contributed by atoms with E-state index < -0.39 is 61.0 Å². The SMILES string of the molecule is CC(=O)NC1[C@H](N=[N+]=[N-])OC(COC(C)=O)[C@H](OCC(=O)O)[C@@H]1OC(C)=O. The van der Waals surface area contributed by atoms with E-state index in [0.717, 1.165) is 13.8 Å².